The first kappa shape index (κ1) is 51.2. The number of pyridine rings is 2. The summed E-state index contributed by atoms with van der Waals surface area (Å²) < 4.78 is 51.5. The van der Waals surface area contributed by atoms with Crippen molar-refractivity contribution in [3.05, 3.63) is 126 Å². The molecule has 0 spiro atoms. The van der Waals surface area contributed by atoms with Crippen molar-refractivity contribution in [1.82, 2.24) is 39.5 Å². The van der Waals surface area contributed by atoms with Crippen LogP contribution < -0.4 is 24.8 Å². The van der Waals surface area contributed by atoms with Gasteiger partial charge in [0.05, 0.1) is 47.0 Å². The number of halogens is 3. The SMILES string of the molecule is Cc1nccn1-c1ccc([C@H](C)NC(=O)[C@@H]2CC(C)CN2C(=O)[C@@H](C(C)C)n2cc(-c3ccc(OC4CCN(c5ccc(N6C(=S)N(c7ccc(C#N)c(C(F)(F)F)c7)C(=O)C6(C)C)cn5)CC4)nc3)cn2)cc1. The molecule has 74 heavy (non-hydrogen) atoms. The Kier molecular flexibility index (Phi) is 14.1. The smallest absolute Gasteiger partial charge is 0.417 e. The van der Waals surface area contributed by atoms with Gasteiger partial charge >= 0.3 is 6.18 Å². The summed E-state index contributed by atoms with van der Waals surface area (Å²) in [4.78, 5) is 62.1. The van der Waals surface area contributed by atoms with Crippen molar-refractivity contribution in [3.8, 4) is 28.8 Å². The zero-order valence-electron chi connectivity index (χ0n) is 42.1. The molecule has 3 fully saturated rings. The van der Waals surface area contributed by atoms with Crippen molar-refractivity contribution >= 4 is 52.2 Å². The second kappa shape index (κ2) is 20.3. The highest BCUT2D eigenvalue weighted by atomic mass is 32.1. The van der Waals surface area contributed by atoms with Gasteiger partial charge in [0.15, 0.2) is 5.11 Å². The van der Waals surface area contributed by atoms with Crippen molar-refractivity contribution in [2.24, 2.45) is 11.8 Å². The van der Waals surface area contributed by atoms with Crippen LogP contribution in [0.2, 0.25) is 0 Å². The first-order valence-corrected chi connectivity index (χ1v) is 25.0. The van der Waals surface area contributed by atoms with Gasteiger partial charge in [-0.3, -0.25) is 24.0 Å². The molecule has 1 N–H and O–H groups in total. The predicted octanol–water partition coefficient (Wildman–Crippen LogP) is 9.00. The van der Waals surface area contributed by atoms with Crippen LogP contribution in [0.15, 0.2) is 104 Å². The number of rotatable bonds is 13. The molecular weight excluding hydrogens is 970 g/mol. The van der Waals surface area contributed by atoms with E-state index in [4.69, 9.17) is 21.9 Å². The minimum atomic E-state index is -4.80. The van der Waals surface area contributed by atoms with Crippen LogP contribution in [0.5, 0.6) is 5.88 Å². The molecule has 0 saturated carbocycles. The maximum Gasteiger partial charge on any atom is 0.417 e. The third-order valence-electron chi connectivity index (χ3n) is 14.2. The number of thiocarbonyl (C=S) groups is 1. The number of carbonyl (C=O) groups is 3. The van der Waals surface area contributed by atoms with Gasteiger partial charge < -0.3 is 29.3 Å². The first-order chi connectivity index (χ1) is 35.2. The van der Waals surface area contributed by atoms with Crippen LogP contribution >= 0.6 is 12.2 Å². The van der Waals surface area contributed by atoms with E-state index in [9.17, 15) is 32.8 Å². The lowest BCUT2D eigenvalue weighted by atomic mass is 10.0. The maximum absolute atomic E-state index is 14.5. The topological polar surface area (TPSA) is 171 Å². The number of aromatic nitrogens is 6. The molecule has 4 atom stereocenters. The average Bonchev–Trinajstić information content (AvgIpc) is 4.17. The van der Waals surface area contributed by atoms with E-state index < -0.39 is 40.8 Å². The van der Waals surface area contributed by atoms with E-state index in [1.54, 1.807) is 65.3 Å². The monoisotopic (exact) mass is 1030 g/mol. The Bertz CT molecular complexity index is 3110. The molecule has 0 bridgehead atoms. The van der Waals surface area contributed by atoms with Gasteiger partial charge in [-0.1, -0.05) is 32.9 Å². The number of imidazole rings is 1. The molecule has 3 aliphatic rings. The lowest BCUT2D eigenvalue weighted by Gasteiger charge is -2.33. The summed E-state index contributed by atoms with van der Waals surface area (Å²) in [6.07, 6.45) is 7.61. The number of aryl methyl sites for hydroxylation is 1. The quantitative estimate of drug-likeness (QED) is 0.109. The summed E-state index contributed by atoms with van der Waals surface area (Å²) in [6.45, 7) is 15.0. The van der Waals surface area contributed by atoms with Gasteiger partial charge in [-0.2, -0.15) is 23.5 Å². The molecule has 384 valence electrons. The highest BCUT2D eigenvalue weighted by Crippen LogP contribution is 2.40. The zero-order chi connectivity index (χ0) is 52.8. The fraction of sp³-hybridized carbons (Fsp3) is 0.389. The maximum atomic E-state index is 14.5. The number of nitrogens with one attached hydrogen (secondary N) is 1. The van der Waals surface area contributed by atoms with E-state index in [1.807, 2.05) is 87.1 Å². The minimum absolute atomic E-state index is 0.00925. The lowest BCUT2D eigenvalue weighted by Crippen LogP contribution is -2.49. The number of alkyl halides is 3. The summed E-state index contributed by atoms with van der Waals surface area (Å²) in [5.74, 6) is 1.24. The first-order valence-electron chi connectivity index (χ1n) is 24.6. The molecule has 0 aliphatic carbocycles. The number of ether oxygens (including phenoxy) is 1. The lowest BCUT2D eigenvalue weighted by molar-refractivity contribution is -0.142. The van der Waals surface area contributed by atoms with Gasteiger partial charge in [-0.25, -0.2) is 15.0 Å². The standard InChI is InChI=1S/C54H57F3N12O4S/c1-32(2)48(50(71)66-30-33(3)24-45(66)49(70)63-34(4)36-8-12-40(13-9-36)65-23-20-59-35(65)5)67-31-39(28-62-67)38-11-17-47(61-27-38)73-43-18-21-64(22-19-43)46-16-15-42(29-60-46)69-52(74)68(51(72)53(69,6)7)41-14-10-37(26-58)44(25-41)54(55,56)57/h8-17,20,23,25,27-29,31-34,43,45,48H,18-19,21-22,24,30H2,1-7H3,(H,63,70)/t33?,34-,45-,48+/m0/s1. The Morgan fingerprint density at radius 3 is 2.26 bits per heavy atom. The van der Waals surface area contributed by atoms with E-state index in [2.05, 4.69) is 32.2 Å². The van der Waals surface area contributed by atoms with Gasteiger partial charge in [0.1, 0.15) is 35.4 Å². The molecular formula is C54H57F3N12O4S. The number of amides is 3. The molecule has 0 radical (unpaired) electrons. The fourth-order valence-electron chi connectivity index (χ4n) is 10.2. The van der Waals surface area contributed by atoms with E-state index in [0.29, 0.717) is 56.3 Å². The van der Waals surface area contributed by atoms with Crippen LogP contribution in [-0.4, -0.2) is 94.4 Å². The predicted molar refractivity (Wildman–Crippen MR) is 276 cm³/mol. The van der Waals surface area contributed by atoms with Crippen LogP contribution in [0.1, 0.15) is 95.4 Å². The molecule has 3 saturated heterocycles. The Morgan fingerprint density at radius 1 is 0.919 bits per heavy atom. The molecule has 2 aromatic carbocycles. The molecule has 4 aromatic heterocycles. The van der Waals surface area contributed by atoms with Crippen LogP contribution in [0.3, 0.4) is 0 Å². The second-order valence-electron chi connectivity index (χ2n) is 20.1. The summed E-state index contributed by atoms with van der Waals surface area (Å²) in [5.41, 5.74) is 0.988. The molecule has 1 unspecified atom stereocenters. The number of nitrogens with zero attached hydrogens (tertiary/aromatic N) is 11. The van der Waals surface area contributed by atoms with Crippen LogP contribution in [0, 0.1) is 30.1 Å². The number of hydrogen-bond acceptors (Lipinski definition) is 11. The summed E-state index contributed by atoms with van der Waals surface area (Å²) >= 11 is 5.69. The molecule has 3 amide bonds. The van der Waals surface area contributed by atoms with Gasteiger partial charge in [0, 0.05) is 80.1 Å². The molecule has 6 aromatic rings. The Hall–Kier alpha value is -7.66. The number of hydrogen-bond donors (Lipinski definition) is 1. The summed E-state index contributed by atoms with van der Waals surface area (Å²) in [5, 5.41) is 17.1. The van der Waals surface area contributed by atoms with Crippen molar-refractivity contribution in [1.29, 1.82) is 5.26 Å². The highest BCUT2D eigenvalue weighted by Gasteiger charge is 2.51. The number of likely N-dealkylation sites (tertiary alicyclic amines) is 1. The molecule has 7 heterocycles. The van der Waals surface area contributed by atoms with E-state index in [1.165, 1.54) is 6.07 Å². The Labute approximate surface area is 432 Å². The number of nitriles is 1. The van der Waals surface area contributed by atoms with Gasteiger partial charge in [0.25, 0.3) is 5.91 Å². The summed E-state index contributed by atoms with van der Waals surface area (Å²) in [6, 6.07) is 18.5. The average molecular weight is 1030 g/mol. The Morgan fingerprint density at radius 2 is 1.64 bits per heavy atom. The van der Waals surface area contributed by atoms with Gasteiger partial charge in [0.2, 0.25) is 17.7 Å². The van der Waals surface area contributed by atoms with Crippen molar-refractivity contribution in [3.63, 3.8) is 0 Å². The normalized spacial score (nSPS) is 19.0. The molecule has 3 aliphatic heterocycles. The van der Waals surface area contributed by atoms with E-state index in [0.717, 1.165) is 45.2 Å². The van der Waals surface area contributed by atoms with Crippen LogP contribution in [-0.2, 0) is 20.6 Å². The number of piperidine rings is 1. The molecule has 9 rings (SSSR count). The zero-order valence-corrected chi connectivity index (χ0v) is 42.9. The van der Waals surface area contributed by atoms with Crippen molar-refractivity contribution < 1.29 is 32.3 Å². The summed E-state index contributed by atoms with van der Waals surface area (Å²) in [7, 11) is 0. The third kappa shape index (κ3) is 10.0. The minimum Gasteiger partial charge on any atom is -0.474 e. The van der Waals surface area contributed by atoms with Gasteiger partial charge in [-0.15, -0.1) is 0 Å². The van der Waals surface area contributed by atoms with Crippen molar-refractivity contribution in [2.45, 2.75) is 104 Å². The number of benzene rings is 2. The largest absolute Gasteiger partial charge is 0.474 e. The molecule has 20 heteroatoms. The van der Waals surface area contributed by atoms with Crippen LogP contribution in [0.25, 0.3) is 16.8 Å². The fourth-order valence-corrected chi connectivity index (χ4v) is 10.7. The van der Waals surface area contributed by atoms with E-state index >= 15 is 0 Å². The van der Waals surface area contributed by atoms with Crippen LogP contribution in [0.4, 0.5) is 30.4 Å². The number of anilines is 3. The highest BCUT2D eigenvalue weighted by molar-refractivity contribution is 7.81. The van der Waals surface area contributed by atoms with Crippen molar-refractivity contribution in [2.75, 3.05) is 34.3 Å². The third-order valence-corrected chi connectivity index (χ3v) is 14.6. The Balaban J connectivity index is 0.788. The second-order valence-corrected chi connectivity index (χ2v) is 20.5. The van der Waals surface area contributed by atoms with Gasteiger partial charge in [-0.05, 0) is 112 Å². The molecule has 16 nitrogen and oxygen atoms in total. The number of carbonyl (C=O) groups excluding carboxylic acids is 3. The van der Waals surface area contributed by atoms with E-state index in [-0.39, 0.29) is 46.6 Å².